The average molecular weight is 958 g/mol. The standard InChI is InChI=1S/C72H47NS/c1-71(2)62-30-9-5-24-57(62)60-29-14-25-50(70(60)71)45-18-13-19-46(41-45)73(48-36-39-58-56-23-8-12-33-65(56)72(66(58)43-48)63-31-10-6-21-54(63)55-22-7-11-32-64(55)72)47-37-40-67-61(42-47)69-59(28-16-34-68(69)74-67)52-27-15-26-51-49-20-4-3-17-44(49)35-38-53(51)52/h3-43H,1-2H3. The van der Waals surface area contributed by atoms with Crippen LogP contribution in [0.3, 0.4) is 0 Å². The highest BCUT2D eigenvalue weighted by atomic mass is 32.1. The zero-order chi connectivity index (χ0) is 48.9. The number of anilines is 3. The number of thiophene rings is 1. The van der Waals surface area contributed by atoms with Crippen molar-refractivity contribution in [2.45, 2.75) is 24.7 Å². The molecule has 0 saturated carbocycles. The minimum atomic E-state index is -0.472. The lowest BCUT2D eigenvalue weighted by atomic mass is 9.70. The van der Waals surface area contributed by atoms with Crippen LogP contribution in [0.4, 0.5) is 17.1 Å². The Morgan fingerprint density at radius 2 is 0.851 bits per heavy atom. The van der Waals surface area contributed by atoms with Crippen molar-refractivity contribution >= 4 is 70.1 Å². The van der Waals surface area contributed by atoms with Crippen molar-refractivity contribution in [1.29, 1.82) is 0 Å². The summed E-state index contributed by atoms with van der Waals surface area (Å²) in [6, 6.07) is 94.1. The third-order valence-corrected chi connectivity index (χ3v) is 18.2. The molecule has 1 nitrogen and oxygen atoms in total. The molecule has 3 aliphatic carbocycles. The predicted octanol–water partition coefficient (Wildman–Crippen LogP) is 19.8. The van der Waals surface area contributed by atoms with Gasteiger partial charge in [0.25, 0.3) is 0 Å². The summed E-state index contributed by atoms with van der Waals surface area (Å²) in [4.78, 5) is 2.53. The lowest BCUT2D eigenvalue weighted by molar-refractivity contribution is 0.662. The summed E-state index contributed by atoms with van der Waals surface area (Å²) in [6.07, 6.45) is 0. The van der Waals surface area contributed by atoms with E-state index >= 15 is 0 Å². The Kier molecular flexibility index (Phi) is 8.66. The smallest absolute Gasteiger partial charge is 0.0726 e. The molecule has 0 bridgehead atoms. The molecule has 0 atom stereocenters. The van der Waals surface area contributed by atoms with E-state index in [-0.39, 0.29) is 5.41 Å². The molecule has 16 rings (SSSR count). The first-order valence-electron chi connectivity index (χ1n) is 25.9. The summed E-state index contributed by atoms with van der Waals surface area (Å²) in [6.45, 7) is 4.79. The second kappa shape index (κ2) is 15.4. The molecule has 3 aliphatic rings. The Labute approximate surface area is 434 Å². The molecule has 1 aromatic heterocycles. The third-order valence-electron chi connectivity index (χ3n) is 17.0. The van der Waals surface area contributed by atoms with Gasteiger partial charge in [-0.2, -0.15) is 0 Å². The first-order chi connectivity index (χ1) is 36.5. The van der Waals surface area contributed by atoms with Crippen molar-refractivity contribution < 1.29 is 0 Å². The SMILES string of the molecule is CC1(C)c2ccccc2-c2cccc(-c3cccc(N(c4ccc5c(c4)C4(c6ccccc6-c6ccccc64)c4ccccc4-5)c4ccc5sc6cccc(-c7cccc8c7ccc7ccccc78)c6c5c4)c3)c21. The second-order valence-corrected chi connectivity index (χ2v) is 22.1. The minimum absolute atomic E-state index is 0.157. The Bertz CT molecular complexity index is 4480. The Morgan fingerprint density at radius 3 is 1.62 bits per heavy atom. The van der Waals surface area contributed by atoms with Crippen LogP contribution in [0.25, 0.3) is 97.4 Å². The Balaban J connectivity index is 0.944. The van der Waals surface area contributed by atoms with E-state index in [1.54, 1.807) is 0 Å². The monoisotopic (exact) mass is 957 g/mol. The van der Waals surface area contributed by atoms with Crippen LogP contribution >= 0.6 is 11.3 Å². The number of rotatable bonds is 5. The van der Waals surface area contributed by atoms with E-state index in [0.717, 1.165) is 17.1 Å². The van der Waals surface area contributed by atoms with Crippen LogP contribution in [-0.2, 0) is 10.8 Å². The van der Waals surface area contributed by atoms with Gasteiger partial charge in [-0.3, -0.25) is 0 Å². The summed E-state index contributed by atoms with van der Waals surface area (Å²) >= 11 is 1.89. The molecule has 1 spiro atoms. The fourth-order valence-corrected chi connectivity index (χ4v) is 15.1. The summed E-state index contributed by atoms with van der Waals surface area (Å²) in [7, 11) is 0. The van der Waals surface area contributed by atoms with Crippen LogP contribution in [0.15, 0.2) is 249 Å². The molecule has 74 heavy (non-hydrogen) atoms. The van der Waals surface area contributed by atoms with E-state index in [1.807, 2.05) is 11.3 Å². The van der Waals surface area contributed by atoms with Gasteiger partial charge >= 0.3 is 0 Å². The molecule has 0 N–H and O–H groups in total. The normalized spacial score (nSPS) is 14.0. The highest BCUT2D eigenvalue weighted by molar-refractivity contribution is 7.26. The van der Waals surface area contributed by atoms with Gasteiger partial charge in [0.05, 0.1) is 5.41 Å². The van der Waals surface area contributed by atoms with Gasteiger partial charge in [0, 0.05) is 42.6 Å². The highest BCUT2D eigenvalue weighted by Gasteiger charge is 2.51. The first kappa shape index (κ1) is 41.8. The molecule has 13 aromatic rings. The van der Waals surface area contributed by atoms with Crippen LogP contribution in [-0.4, -0.2) is 0 Å². The number of benzene rings is 12. The van der Waals surface area contributed by atoms with E-state index in [2.05, 4.69) is 267 Å². The molecule has 0 radical (unpaired) electrons. The number of hydrogen-bond donors (Lipinski definition) is 0. The van der Waals surface area contributed by atoms with Gasteiger partial charge in [0.1, 0.15) is 0 Å². The van der Waals surface area contributed by atoms with E-state index in [4.69, 9.17) is 0 Å². The summed E-state index contributed by atoms with van der Waals surface area (Å²) < 4.78 is 2.57. The van der Waals surface area contributed by atoms with Gasteiger partial charge in [0.2, 0.25) is 0 Å². The van der Waals surface area contributed by atoms with Crippen molar-refractivity contribution in [2.75, 3.05) is 4.90 Å². The molecular weight excluding hydrogens is 911 g/mol. The topological polar surface area (TPSA) is 3.24 Å². The molecule has 346 valence electrons. The van der Waals surface area contributed by atoms with Crippen LogP contribution in [0, 0.1) is 0 Å². The maximum absolute atomic E-state index is 2.53. The molecule has 1 heterocycles. The second-order valence-electron chi connectivity index (χ2n) is 21.0. The van der Waals surface area contributed by atoms with E-state index in [9.17, 15) is 0 Å². The zero-order valence-electron chi connectivity index (χ0n) is 41.0. The predicted molar refractivity (Wildman–Crippen MR) is 314 cm³/mol. The van der Waals surface area contributed by atoms with Crippen molar-refractivity contribution in [3.05, 3.63) is 282 Å². The maximum Gasteiger partial charge on any atom is 0.0726 e. The zero-order valence-corrected chi connectivity index (χ0v) is 41.8. The van der Waals surface area contributed by atoms with E-state index < -0.39 is 5.41 Å². The summed E-state index contributed by atoms with van der Waals surface area (Å²) in [5, 5.41) is 7.66. The molecule has 0 fully saturated rings. The lowest BCUT2D eigenvalue weighted by Crippen LogP contribution is -2.26. The Morgan fingerprint density at radius 1 is 0.311 bits per heavy atom. The molecule has 0 saturated heterocycles. The quantitative estimate of drug-likeness (QED) is 0.155. The summed E-state index contributed by atoms with van der Waals surface area (Å²) in [5.41, 5.74) is 23.8. The third kappa shape index (κ3) is 5.58. The number of fused-ring (bicyclic) bond motifs is 19. The van der Waals surface area contributed by atoms with Crippen molar-refractivity contribution in [3.8, 4) is 55.6 Å². The van der Waals surface area contributed by atoms with Crippen LogP contribution in [0.1, 0.15) is 47.2 Å². The highest BCUT2D eigenvalue weighted by Crippen LogP contribution is 2.63. The first-order valence-corrected chi connectivity index (χ1v) is 26.7. The molecule has 2 heteroatoms. The van der Waals surface area contributed by atoms with Crippen molar-refractivity contribution in [3.63, 3.8) is 0 Å². The molecule has 0 aliphatic heterocycles. The largest absolute Gasteiger partial charge is 0.310 e. The Hall–Kier alpha value is -8.82. The van der Waals surface area contributed by atoms with Gasteiger partial charge in [0.15, 0.2) is 0 Å². The van der Waals surface area contributed by atoms with E-state index in [1.165, 1.54) is 131 Å². The van der Waals surface area contributed by atoms with Crippen LogP contribution in [0.2, 0.25) is 0 Å². The number of nitrogens with zero attached hydrogens (tertiary/aromatic N) is 1. The molecular formula is C72H47NS. The number of hydrogen-bond acceptors (Lipinski definition) is 2. The molecule has 12 aromatic carbocycles. The van der Waals surface area contributed by atoms with Crippen LogP contribution in [0.5, 0.6) is 0 Å². The maximum atomic E-state index is 2.53. The van der Waals surface area contributed by atoms with Gasteiger partial charge < -0.3 is 4.90 Å². The minimum Gasteiger partial charge on any atom is -0.310 e. The van der Waals surface area contributed by atoms with Gasteiger partial charge in [-0.25, -0.2) is 0 Å². The van der Waals surface area contributed by atoms with Gasteiger partial charge in [-0.15, -0.1) is 11.3 Å². The lowest BCUT2D eigenvalue weighted by Gasteiger charge is -2.32. The van der Waals surface area contributed by atoms with Gasteiger partial charge in [-0.05, 0) is 159 Å². The van der Waals surface area contributed by atoms with Crippen molar-refractivity contribution in [2.24, 2.45) is 0 Å². The van der Waals surface area contributed by atoms with Crippen molar-refractivity contribution in [1.82, 2.24) is 0 Å². The average Bonchev–Trinajstić information content (AvgIpc) is 4.17. The van der Waals surface area contributed by atoms with Gasteiger partial charge in [-0.1, -0.05) is 214 Å². The summed E-state index contributed by atoms with van der Waals surface area (Å²) in [5.74, 6) is 0. The fourth-order valence-electron chi connectivity index (χ4n) is 14.0. The van der Waals surface area contributed by atoms with E-state index in [0.29, 0.717) is 0 Å². The van der Waals surface area contributed by atoms with Crippen LogP contribution < -0.4 is 4.90 Å². The molecule has 0 unspecified atom stereocenters. The fraction of sp³-hybridized carbons (Fsp3) is 0.0556. The molecule has 0 amide bonds.